The molecule has 0 spiro atoms. The molecular formula is C11H11BrN2. The molecule has 0 atom stereocenters. The Kier molecular flexibility index (Phi) is 2.42. The predicted octanol–water partition coefficient (Wildman–Crippen LogP) is 3.25. The molecule has 1 heterocycles. The highest BCUT2D eigenvalue weighted by Crippen LogP contribution is 2.21. The first-order valence-corrected chi connectivity index (χ1v) is 5.26. The fourth-order valence-corrected chi connectivity index (χ4v) is 1.95. The molecular weight excluding hydrogens is 240 g/mol. The van der Waals surface area contributed by atoms with Gasteiger partial charge in [-0.2, -0.15) is 5.10 Å². The van der Waals surface area contributed by atoms with Gasteiger partial charge in [0.15, 0.2) is 0 Å². The van der Waals surface area contributed by atoms with Crippen LogP contribution < -0.4 is 0 Å². The highest BCUT2D eigenvalue weighted by Gasteiger charge is 2.05. The van der Waals surface area contributed by atoms with Crippen LogP contribution in [-0.2, 0) is 0 Å². The van der Waals surface area contributed by atoms with Crippen molar-refractivity contribution in [3.63, 3.8) is 0 Å². The zero-order valence-electron chi connectivity index (χ0n) is 8.16. The molecule has 14 heavy (non-hydrogen) atoms. The van der Waals surface area contributed by atoms with E-state index in [2.05, 4.69) is 34.0 Å². The maximum absolute atomic E-state index is 4.43. The molecule has 2 aromatic rings. The van der Waals surface area contributed by atoms with Gasteiger partial charge >= 0.3 is 0 Å². The molecule has 0 N–H and O–H groups in total. The molecule has 2 nitrogen and oxygen atoms in total. The Balaban J connectivity index is 2.60. The number of aromatic nitrogens is 2. The number of hydrogen-bond acceptors (Lipinski definition) is 1. The van der Waals surface area contributed by atoms with Gasteiger partial charge in [0, 0.05) is 10.2 Å². The Morgan fingerprint density at radius 3 is 2.50 bits per heavy atom. The summed E-state index contributed by atoms with van der Waals surface area (Å²) in [5.41, 5.74) is 3.27. The van der Waals surface area contributed by atoms with Gasteiger partial charge in [-0.25, -0.2) is 4.68 Å². The molecule has 0 aliphatic carbocycles. The van der Waals surface area contributed by atoms with E-state index in [1.54, 1.807) is 0 Å². The van der Waals surface area contributed by atoms with Crippen LogP contribution in [0.15, 0.2) is 34.8 Å². The summed E-state index contributed by atoms with van der Waals surface area (Å²) in [6, 6.07) is 10.1. The Morgan fingerprint density at radius 1 is 1.21 bits per heavy atom. The molecule has 3 heteroatoms. The van der Waals surface area contributed by atoms with E-state index in [0.717, 1.165) is 21.5 Å². The van der Waals surface area contributed by atoms with Crippen LogP contribution in [0.4, 0.5) is 0 Å². The van der Waals surface area contributed by atoms with Gasteiger partial charge in [-0.3, -0.25) is 0 Å². The third kappa shape index (κ3) is 1.60. The van der Waals surface area contributed by atoms with Gasteiger partial charge in [0.05, 0.1) is 11.4 Å². The van der Waals surface area contributed by atoms with Crippen molar-refractivity contribution in [1.82, 2.24) is 9.78 Å². The van der Waals surface area contributed by atoms with Gasteiger partial charge < -0.3 is 0 Å². The quantitative estimate of drug-likeness (QED) is 0.760. The topological polar surface area (TPSA) is 17.8 Å². The second-order valence-corrected chi connectivity index (χ2v) is 4.14. The largest absolute Gasteiger partial charge is 0.237 e. The van der Waals surface area contributed by atoms with E-state index in [4.69, 9.17) is 0 Å². The van der Waals surface area contributed by atoms with Crippen LogP contribution in [-0.4, -0.2) is 9.78 Å². The molecule has 0 aliphatic rings. The Hall–Kier alpha value is -1.09. The first-order chi connectivity index (χ1) is 6.68. The molecule has 72 valence electrons. The lowest BCUT2D eigenvalue weighted by atomic mass is 10.3. The third-order valence-electron chi connectivity index (χ3n) is 2.09. The molecule has 0 aliphatic heterocycles. The van der Waals surface area contributed by atoms with Gasteiger partial charge in [0.1, 0.15) is 0 Å². The van der Waals surface area contributed by atoms with Crippen molar-refractivity contribution in [2.24, 2.45) is 0 Å². The average molecular weight is 251 g/mol. The molecule has 0 saturated carbocycles. The monoisotopic (exact) mass is 250 g/mol. The fourth-order valence-electron chi connectivity index (χ4n) is 1.50. The summed E-state index contributed by atoms with van der Waals surface area (Å²) >= 11 is 3.52. The molecule has 0 fully saturated rings. The number of benzene rings is 1. The summed E-state index contributed by atoms with van der Waals surface area (Å²) in [7, 11) is 0. The summed E-state index contributed by atoms with van der Waals surface area (Å²) in [4.78, 5) is 0. The first kappa shape index (κ1) is 9.46. The molecule has 0 saturated heterocycles. The second-order valence-electron chi connectivity index (χ2n) is 3.29. The first-order valence-electron chi connectivity index (χ1n) is 4.46. The zero-order valence-corrected chi connectivity index (χ0v) is 9.75. The van der Waals surface area contributed by atoms with Crippen LogP contribution in [0.1, 0.15) is 11.4 Å². The molecule has 2 rings (SSSR count). The minimum absolute atomic E-state index is 1.04. The maximum atomic E-state index is 4.43. The summed E-state index contributed by atoms with van der Waals surface area (Å²) < 4.78 is 3.01. The number of hydrogen-bond donors (Lipinski definition) is 0. The Bertz CT molecular complexity index is 460. The average Bonchev–Trinajstić information content (AvgIpc) is 2.46. The van der Waals surface area contributed by atoms with E-state index in [1.807, 2.05) is 35.9 Å². The van der Waals surface area contributed by atoms with Gasteiger partial charge in [-0.15, -0.1) is 0 Å². The zero-order chi connectivity index (χ0) is 10.1. The van der Waals surface area contributed by atoms with E-state index >= 15 is 0 Å². The van der Waals surface area contributed by atoms with E-state index in [9.17, 15) is 0 Å². The summed E-state index contributed by atoms with van der Waals surface area (Å²) in [5.74, 6) is 0. The summed E-state index contributed by atoms with van der Waals surface area (Å²) in [6.45, 7) is 4.06. The number of nitrogens with zero attached hydrogens (tertiary/aromatic N) is 2. The highest BCUT2D eigenvalue weighted by atomic mass is 79.9. The lowest BCUT2D eigenvalue weighted by Gasteiger charge is -2.05. The predicted molar refractivity (Wildman–Crippen MR) is 60.7 cm³/mol. The van der Waals surface area contributed by atoms with Crippen molar-refractivity contribution in [1.29, 1.82) is 0 Å². The van der Waals surface area contributed by atoms with Gasteiger partial charge in [0.25, 0.3) is 0 Å². The normalized spacial score (nSPS) is 10.5. The molecule has 0 bridgehead atoms. The Labute approximate surface area is 91.7 Å². The van der Waals surface area contributed by atoms with Crippen molar-refractivity contribution in [3.05, 3.63) is 46.2 Å². The van der Waals surface area contributed by atoms with Crippen LogP contribution in [0.2, 0.25) is 0 Å². The van der Waals surface area contributed by atoms with Crippen molar-refractivity contribution < 1.29 is 0 Å². The highest BCUT2D eigenvalue weighted by molar-refractivity contribution is 9.10. The fraction of sp³-hybridized carbons (Fsp3) is 0.182. The standard InChI is InChI=1S/C11H11BrN2/c1-8-7-9(2)14(13-8)11-6-4-3-5-10(11)12/h3-7H,1-2H3. The lowest BCUT2D eigenvalue weighted by Crippen LogP contribution is -1.99. The van der Waals surface area contributed by atoms with Gasteiger partial charge in [-0.05, 0) is 48.0 Å². The molecule has 0 amide bonds. The molecule has 0 unspecified atom stereocenters. The maximum Gasteiger partial charge on any atom is 0.0790 e. The Morgan fingerprint density at radius 2 is 1.93 bits per heavy atom. The number of rotatable bonds is 1. The minimum atomic E-state index is 1.04. The van der Waals surface area contributed by atoms with Crippen LogP contribution in [0.25, 0.3) is 5.69 Å². The number of halogens is 1. The van der Waals surface area contributed by atoms with E-state index in [0.29, 0.717) is 0 Å². The smallest absolute Gasteiger partial charge is 0.0790 e. The minimum Gasteiger partial charge on any atom is -0.237 e. The van der Waals surface area contributed by atoms with Gasteiger partial charge in [-0.1, -0.05) is 12.1 Å². The lowest BCUT2D eigenvalue weighted by molar-refractivity contribution is 0.830. The van der Waals surface area contributed by atoms with Crippen molar-refractivity contribution >= 4 is 15.9 Å². The summed E-state index contributed by atoms with van der Waals surface area (Å²) in [6.07, 6.45) is 0. The van der Waals surface area contributed by atoms with Crippen LogP contribution in [0, 0.1) is 13.8 Å². The van der Waals surface area contributed by atoms with E-state index < -0.39 is 0 Å². The number of aryl methyl sites for hydroxylation is 2. The van der Waals surface area contributed by atoms with E-state index in [-0.39, 0.29) is 0 Å². The number of para-hydroxylation sites is 1. The second kappa shape index (κ2) is 3.58. The SMILES string of the molecule is Cc1cc(C)n(-c2ccccc2Br)n1. The molecule has 1 aromatic carbocycles. The molecule has 1 aromatic heterocycles. The van der Waals surface area contributed by atoms with Crippen molar-refractivity contribution in [2.75, 3.05) is 0 Å². The van der Waals surface area contributed by atoms with Gasteiger partial charge in [0.2, 0.25) is 0 Å². The van der Waals surface area contributed by atoms with Crippen molar-refractivity contribution in [3.8, 4) is 5.69 Å². The molecule has 0 radical (unpaired) electrons. The van der Waals surface area contributed by atoms with Crippen LogP contribution in [0.5, 0.6) is 0 Å². The van der Waals surface area contributed by atoms with E-state index in [1.165, 1.54) is 0 Å². The van der Waals surface area contributed by atoms with Crippen LogP contribution >= 0.6 is 15.9 Å². The van der Waals surface area contributed by atoms with Crippen LogP contribution in [0.3, 0.4) is 0 Å². The third-order valence-corrected chi connectivity index (χ3v) is 2.76. The van der Waals surface area contributed by atoms with Crippen molar-refractivity contribution in [2.45, 2.75) is 13.8 Å². The summed E-state index contributed by atoms with van der Waals surface area (Å²) in [5, 5.41) is 4.43.